The van der Waals surface area contributed by atoms with E-state index in [1.807, 2.05) is 24.3 Å². The standard InChI is InChI=1S/C24H30N2O5/c1-6-16(2)19-12-7-8-13-20(19)26-21(27)15-30-22(28)17-10-9-11-18(14-17)25-23(29)31-24(3,4)5/h7-14,16H,6,15H2,1-5H3,(H,25,29)(H,26,27)/t16-/m1/s1. The van der Waals surface area contributed by atoms with E-state index in [9.17, 15) is 14.4 Å². The first-order valence-electron chi connectivity index (χ1n) is 10.2. The quantitative estimate of drug-likeness (QED) is 0.583. The SMILES string of the molecule is CC[C@@H](C)c1ccccc1NC(=O)COC(=O)c1cccc(NC(=O)OC(C)(C)C)c1. The molecule has 2 rings (SSSR count). The summed E-state index contributed by atoms with van der Waals surface area (Å²) in [6.45, 7) is 9.02. The van der Waals surface area contributed by atoms with Crippen molar-refractivity contribution >= 4 is 29.3 Å². The summed E-state index contributed by atoms with van der Waals surface area (Å²) >= 11 is 0. The van der Waals surface area contributed by atoms with Gasteiger partial charge in [0.05, 0.1) is 5.56 Å². The number of rotatable bonds is 7. The largest absolute Gasteiger partial charge is 0.452 e. The summed E-state index contributed by atoms with van der Waals surface area (Å²) in [6, 6.07) is 13.8. The zero-order chi connectivity index (χ0) is 23.0. The van der Waals surface area contributed by atoms with Gasteiger partial charge in [-0.3, -0.25) is 10.1 Å². The topological polar surface area (TPSA) is 93.7 Å². The Balaban J connectivity index is 1.94. The summed E-state index contributed by atoms with van der Waals surface area (Å²) < 4.78 is 10.3. The molecule has 0 aliphatic rings. The van der Waals surface area contributed by atoms with Gasteiger partial charge in [-0.15, -0.1) is 0 Å². The van der Waals surface area contributed by atoms with Crippen LogP contribution in [0, 0.1) is 0 Å². The minimum atomic E-state index is -0.668. The van der Waals surface area contributed by atoms with Crippen molar-refractivity contribution in [3.63, 3.8) is 0 Å². The van der Waals surface area contributed by atoms with Crippen LogP contribution in [0.3, 0.4) is 0 Å². The normalized spacial score (nSPS) is 11.9. The van der Waals surface area contributed by atoms with Gasteiger partial charge >= 0.3 is 12.1 Å². The van der Waals surface area contributed by atoms with Gasteiger partial charge in [0.2, 0.25) is 0 Å². The highest BCUT2D eigenvalue weighted by atomic mass is 16.6. The minimum Gasteiger partial charge on any atom is -0.452 e. The lowest BCUT2D eigenvalue weighted by atomic mass is 9.97. The molecule has 7 nitrogen and oxygen atoms in total. The summed E-state index contributed by atoms with van der Waals surface area (Å²) in [4.78, 5) is 36.5. The van der Waals surface area contributed by atoms with Crippen molar-refractivity contribution in [1.29, 1.82) is 0 Å². The summed E-state index contributed by atoms with van der Waals surface area (Å²) in [5.74, 6) is -0.801. The predicted molar refractivity (Wildman–Crippen MR) is 120 cm³/mol. The van der Waals surface area contributed by atoms with Crippen LogP contribution in [0.1, 0.15) is 62.9 Å². The molecule has 1 atom stereocenters. The van der Waals surface area contributed by atoms with Crippen LogP contribution in [0.15, 0.2) is 48.5 Å². The molecule has 0 fully saturated rings. The van der Waals surface area contributed by atoms with E-state index in [2.05, 4.69) is 24.5 Å². The average Bonchev–Trinajstić information content (AvgIpc) is 2.70. The molecule has 0 radical (unpaired) electrons. The third-order valence-corrected chi connectivity index (χ3v) is 4.46. The van der Waals surface area contributed by atoms with Crippen molar-refractivity contribution < 1.29 is 23.9 Å². The zero-order valence-corrected chi connectivity index (χ0v) is 18.7. The van der Waals surface area contributed by atoms with Gasteiger partial charge in [-0.25, -0.2) is 9.59 Å². The van der Waals surface area contributed by atoms with Crippen molar-refractivity contribution in [3.8, 4) is 0 Å². The molecule has 0 bridgehead atoms. The Kier molecular flexibility index (Phi) is 8.19. The number of ether oxygens (including phenoxy) is 2. The Morgan fingerprint density at radius 1 is 1.00 bits per heavy atom. The van der Waals surface area contributed by atoms with Crippen molar-refractivity contribution in [3.05, 3.63) is 59.7 Å². The number of amides is 2. The Morgan fingerprint density at radius 2 is 1.71 bits per heavy atom. The molecule has 2 amide bonds. The van der Waals surface area contributed by atoms with Crippen molar-refractivity contribution in [2.24, 2.45) is 0 Å². The molecule has 0 aliphatic carbocycles. The number of anilines is 2. The number of para-hydroxylation sites is 1. The third kappa shape index (κ3) is 7.77. The first-order valence-corrected chi connectivity index (χ1v) is 10.2. The highest BCUT2D eigenvalue weighted by molar-refractivity contribution is 5.97. The molecular formula is C24H30N2O5. The van der Waals surface area contributed by atoms with Gasteiger partial charge in [0.1, 0.15) is 5.60 Å². The summed E-state index contributed by atoms with van der Waals surface area (Å²) in [5, 5.41) is 5.37. The Bertz CT molecular complexity index is 934. The Labute approximate surface area is 183 Å². The van der Waals surface area contributed by atoms with Gasteiger partial charge in [0.25, 0.3) is 5.91 Å². The maximum Gasteiger partial charge on any atom is 0.412 e. The fourth-order valence-corrected chi connectivity index (χ4v) is 2.81. The molecular weight excluding hydrogens is 396 g/mol. The van der Waals surface area contributed by atoms with Gasteiger partial charge in [-0.1, -0.05) is 38.1 Å². The molecule has 2 N–H and O–H groups in total. The molecule has 2 aromatic carbocycles. The Hall–Kier alpha value is -3.35. The number of carbonyl (C=O) groups excluding carboxylic acids is 3. The second-order valence-corrected chi connectivity index (χ2v) is 8.23. The summed E-state index contributed by atoms with van der Waals surface area (Å²) in [5.41, 5.74) is 1.70. The molecule has 2 aromatic rings. The van der Waals surface area contributed by atoms with E-state index in [0.717, 1.165) is 12.0 Å². The van der Waals surface area contributed by atoms with E-state index in [0.29, 0.717) is 17.3 Å². The minimum absolute atomic E-state index is 0.210. The maximum absolute atomic E-state index is 12.3. The molecule has 0 spiro atoms. The van der Waals surface area contributed by atoms with Gasteiger partial charge < -0.3 is 14.8 Å². The van der Waals surface area contributed by atoms with E-state index in [1.165, 1.54) is 6.07 Å². The lowest BCUT2D eigenvalue weighted by Gasteiger charge is -2.19. The van der Waals surface area contributed by atoms with E-state index in [1.54, 1.807) is 39.0 Å². The molecule has 7 heteroatoms. The number of hydrogen-bond donors (Lipinski definition) is 2. The number of nitrogens with one attached hydrogen (secondary N) is 2. The fraction of sp³-hybridized carbons (Fsp3) is 0.375. The van der Waals surface area contributed by atoms with Crippen molar-refractivity contribution in [1.82, 2.24) is 0 Å². The molecule has 0 saturated heterocycles. The van der Waals surface area contributed by atoms with Gasteiger partial charge in [-0.05, 0) is 62.9 Å². The van der Waals surface area contributed by atoms with E-state index >= 15 is 0 Å². The number of hydrogen-bond acceptors (Lipinski definition) is 5. The second-order valence-electron chi connectivity index (χ2n) is 8.23. The molecule has 166 valence electrons. The summed E-state index contributed by atoms with van der Waals surface area (Å²) in [6.07, 6.45) is 0.313. The number of carbonyl (C=O) groups is 3. The zero-order valence-electron chi connectivity index (χ0n) is 18.7. The molecule has 0 unspecified atom stereocenters. The van der Waals surface area contributed by atoms with Crippen LogP contribution in [0.2, 0.25) is 0 Å². The Morgan fingerprint density at radius 3 is 2.39 bits per heavy atom. The third-order valence-electron chi connectivity index (χ3n) is 4.46. The first-order chi connectivity index (χ1) is 14.6. The predicted octanol–water partition coefficient (Wildman–Crippen LogP) is 5.34. The number of benzene rings is 2. The van der Waals surface area contributed by atoms with Crippen LogP contribution < -0.4 is 10.6 Å². The van der Waals surface area contributed by atoms with Crippen LogP contribution >= 0.6 is 0 Å². The smallest absolute Gasteiger partial charge is 0.412 e. The summed E-state index contributed by atoms with van der Waals surface area (Å²) in [7, 11) is 0. The maximum atomic E-state index is 12.3. The van der Waals surface area contributed by atoms with Crippen molar-refractivity contribution in [2.45, 2.75) is 52.6 Å². The fourth-order valence-electron chi connectivity index (χ4n) is 2.81. The van der Waals surface area contributed by atoms with Crippen molar-refractivity contribution in [2.75, 3.05) is 17.2 Å². The molecule has 0 heterocycles. The highest BCUT2D eigenvalue weighted by Crippen LogP contribution is 2.26. The van der Waals surface area contributed by atoms with E-state index in [4.69, 9.17) is 9.47 Å². The van der Waals surface area contributed by atoms with E-state index in [-0.39, 0.29) is 5.56 Å². The van der Waals surface area contributed by atoms with Gasteiger partial charge in [0, 0.05) is 11.4 Å². The van der Waals surface area contributed by atoms with Gasteiger partial charge in [-0.2, -0.15) is 0 Å². The molecule has 31 heavy (non-hydrogen) atoms. The average molecular weight is 427 g/mol. The number of esters is 1. The second kappa shape index (κ2) is 10.6. The molecule has 0 aromatic heterocycles. The van der Waals surface area contributed by atoms with Crippen LogP contribution in [0.5, 0.6) is 0 Å². The lowest BCUT2D eigenvalue weighted by Crippen LogP contribution is -2.27. The molecule has 0 saturated carbocycles. The lowest BCUT2D eigenvalue weighted by molar-refractivity contribution is -0.119. The van der Waals surface area contributed by atoms with Crippen LogP contribution in [0.4, 0.5) is 16.2 Å². The van der Waals surface area contributed by atoms with Gasteiger partial charge in [0.15, 0.2) is 6.61 Å². The highest BCUT2D eigenvalue weighted by Gasteiger charge is 2.17. The van der Waals surface area contributed by atoms with E-state index < -0.39 is 30.2 Å². The van der Waals surface area contributed by atoms with Crippen LogP contribution in [-0.4, -0.2) is 30.2 Å². The first kappa shape index (κ1) is 23.9. The monoisotopic (exact) mass is 426 g/mol. The molecule has 0 aliphatic heterocycles. The van der Waals surface area contributed by atoms with Crippen LogP contribution in [0.25, 0.3) is 0 Å². The van der Waals surface area contributed by atoms with Crippen LogP contribution in [-0.2, 0) is 14.3 Å².